The first kappa shape index (κ1) is 20.0. The Kier molecular flexibility index (Phi) is 6.03. The van der Waals surface area contributed by atoms with E-state index in [1.165, 1.54) is 15.6 Å². The molecule has 5 nitrogen and oxygen atoms in total. The van der Waals surface area contributed by atoms with E-state index in [4.69, 9.17) is 0 Å². The van der Waals surface area contributed by atoms with Gasteiger partial charge in [-0.15, -0.1) is 11.3 Å². The van der Waals surface area contributed by atoms with Gasteiger partial charge >= 0.3 is 0 Å². The van der Waals surface area contributed by atoms with Crippen molar-refractivity contribution in [1.82, 2.24) is 9.21 Å². The lowest BCUT2D eigenvalue weighted by atomic mass is 9.98. The number of benzene rings is 1. The zero-order valence-electron chi connectivity index (χ0n) is 16.0. The molecule has 0 bridgehead atoms. The Bertz CT molecular complexity index is 921. The molecule has 1 unspecified atom stereocenters. The van der Waals surface area contributed by atoms with Crippen molar-refractivity contribution >= 4 is 27.3 Å². The molecule has 1 aromatic carbocycles. The minimum absolute atomic E-state index is 0.0144. The molecule has 1 aromatic heterocycles. The van der Waals surface area contributed by atoms with Gasteiger partial charge in [0.15, 0.2) is 0 Å². The zero-order valence-corrected chi connectivity index (χ0v) is 17.6. The monoisotopic (exact) mass is 406 g/mol. The summed E-state index contributed by atoms with van der Waals surface area (Å²) in [5.41, 5.74) is 2.26. The molecule has 0 N–H and O–H groups in total. The van der Waals surface area contributed by atoms with Crippen molar-refractivity contribution in [3.05, 3.63) is 52.4 Å². The van der Waals surface area contributed by atoms with E-state index in [9.17, 15) is 13.2 Å². The third-order valence-electron chi connectivity index (χ3n) is 5.09. The summed E-state index contributed by atoms with van der Waals surface area (Å²) in [6.45, 7) is 5.21. The lowest BCUT2D eigenvalue weighted by Crippen LogP contribution is -2.45. The Morgan fingerprint density at radius 3 is 2.63 bits per heavy atom. The molecule has 1 amide bonds. The van der Waals surface area contributed by atoms with Gasteiger partial charge in [-0.1, -0.05) is 24.3 Å². The lowest BCUT2D eigenvalue weighted by Gasteiger charge is -2.33. The van der Waals surface area contributed by atoms with Gasteiger partial charge in [0, 0.05) is 31.6 Å². The average Bonchev–Trinajstić information content (AvgIpc) is 3.10. The summed E-state index contributed by atoms with van der Waals surface area (Å²) in [6, 6.07) is 11.5. The molecular weight excluding hydrogens is 380 g/mol. The topological polar surface area (TPSA) is 57.7 Å². The van der Waals surface area contributed by atoms with Crippen LogP contribution in [0.15, 0.2) is 40.6 Å². The molecule has 1 atom stereocenters. The van der Waals surface area contributed by atoms with Crippen molar-refractivity contribution in [3.8, 4) is 0 Å². The maximum atomic E-state index is 12.9. The predicted molar refractivity (Wildman–Crippen MR) is 108 cm³/mol. The molecule has 1 aliphatic heterocycles. The smallest absolute Gasteiger partial charge is 0.252 e. The van der Waals surface area contributed by atoms with E-state index in [1.54, 1.807) is 18.0 Å². The molecule has 1 fully saturated rings. The van der Waals surface area contributed by atoms with Gasteiger partial charge in [-0.05, 0) is 49.9 Å². The van der Waals surface area contributed by atoms with E-state index in [0.717, 1.165) is 22.4 Å². The minimum Gasteiger partial charge on any atom is -0.341 e. The first-order chi connectivity index (χ1) is 12.8. The summed E-state index contributed by atoms with van der Waals surface area (Å²) >= 11 is 1.28. The van der Waals surface area contributed by atoms with Gasteiger partial charge in [-0.2, -0.15) is 4.31 Å². The highest BCUT2D eigenvalue weighted by molar-refractivity contribution is 7.91. The molecule has 7 heteroatoms. The molecule has 27 heavy (non-hydrogen) atoms. The molecule has 1 aliphatic rings. The highest BCUT2D eigenvalue weighted by atomic mass is 32.2. The van der Waals surface area contributed by atoms with Crippen LogP contribution in [0, 0.1) is 19.8 Å². The maximum Gasteiger partial charge on any atom is 0.252 e. The fraction of sp³-hybridized carbons (Fsp3) is 0.450. The van der Waals surface area contributed by atoms with E-state index < -0.39 is 10.0 Å². The second-order valence-corrected chi connectivity index (χ2v) is 10.6. The van der Waals surface area contributed by atoms with Crippen molar-refractivity contribution < 1.29 is 13.2 Å². The van der Waals surface area contributed by atoms with Gasteiger partial charge in [0.05, 0.1) is 5.92 Å². The Hall–Kier alpha value is -1.70. The standard InChI is InChI=1S/C20H26N2O3S2/c1-15-7-4-5-8-17(15)13-21(3)20(23)18-9-6-12-22(14-18)27(24,25)19-11-10-16(2)26-19/h4-5,7-8,10-11,18H,6,9,12-14H2,1-3H3. The van der Waals surface area contributed by atoms with Crippen LogP contribution in [0.3, 0.4) is 0 Å². The Labute approximate surface area is 165 Å². The molecule has 0 spiro atoms. The molecule has 0 radical (unpaired) electrons. The highest BCUT2D eigenvalue weighted by Crippen LogP contribution is 2.29. The third kappa shape index (κ3) is 4.42. The molecule has 3 rings (SSSR count). The van der Waals surface area contributed by atoms with Crippen LogP contribution in [0.25, 0.3) is 0 Å². The number of thiophene rings is 1. The van der Waals surface area contributed by atoms with Crippen molar-refractivity contribution in [2.75, 3.05) is 20.1 Å². The summed E-state index contributed by atoms with van der Waals surface area (Å²) in [5, 5.41) is 0. The van der Waals surface area contributed by atoms with Crippen LogP contribution in [0.4, 0.5) is 0 Å². The van der Waals surface area contributed by atoms with E-state index in [0.29, 0.717) is 23.7 Å². The number of hydrogen-bond acceptors (Lipinski definition) is 4. The van der Waals surface area contributed by atoms with Crippen LogP contribution in [0.1, 0.15) is 28.8 Å². The Morgan fingerprint density at radius 1 is 1.22 bits per heavy atom. The first-order valence-electron chi connectivity index (χ1n) is 9.15. The fourth-order valence-electron chi connectivity index (χ4n) is 3.47. The molecule has 0 saturated carbocycles. The number of piperidine rings is 1. The van der Waals surface area contributed by atoms with Crippen LogP contribution in [-0.2, 0) is 21.4 Å². The van der Waals surface area contributed by atoms with Crippen molar-refractivity contribution in [2.24, 2.45) is 5.92 Å². The number of nitrogens with zero attached hydrogens (tertiary/aromatic N) is 2. The molecule has 0 aliphatic carbocycles. The van der Waals surface area contributed by atoms with Gasteiger partial charge in [-0.3, -0.25) is 4.79 Å². The molecule has 2 heterocycles. The summed E-state index contributed by atoms with van der Waals surface area (Å²) in [4.78, 5) is 15.6. The maximum absolute atomic E-state index is 12.9. The fourth-order valence-corrected chi connectivity index (χ4v) is 6.43. The van der Waals surface area contributed by atoms with Crippen LogP contribution >= 0.6 is 11.3 Å². The number of carbonyl (C=O) groups excluding carboxylic acids is 1. The van der Waals surface area contributed by atoms with Crippen LogP contribution < -0.4 is 0 Å². The number of amides is 1. The predicted octanol–water partition coefficient (Wildman–Crippen LogP) is 3.42. The van der Waals surface area contributed by atoms with Gasteiger partial charge < -0.3 is 4.90 Å². The van der Waals surface area contributed by atoms with E-state index in [1.807, 2.05) is 44.2 Å². The molecular formula is C20H26N2O3S2. The quantitative estimate of drug-likeness (QED) is 0.764. The summed E-state index contributed by atoms with van der Waals surface area (Å²) in [7, 11) is -1.72. The average molecular weight is 407 g/mol. The second-order valence-electron chi connectivity index (χ2n) is 7.19. The van der Waals surface area contributed by atoms with E-state index >= 15 is 0 Å². The molecule has 146 valence electrons. The molecule has 1 saturated heterocycles. The highest BCUT2D eigenvalue weighted by Gasteiger charge is 2.35. The Morgan fingerprint density at radius 2 is 1.96 bits per heavy atom. The number of rotatable bonds is 5. The summed E-state index contributed by atoms with van der Waals surface area (Å²) in [5.74, 6) is -0.274. The molecule has 2 aromatic rings. The SMILES string of the molecule is Cc1ccc(S(=O)(=O)N2CCCC(C(=O)N(C)Cc3ccccc3C)C2)s1. The summed E-state index contributed by atoms with van der Waals surface area (Å²) in [6.07, 6.45) is 1.44. The number of hydrogen-bond donors (Lipinski definition) is 0. The zero-order chi connectivity index (χ0) is 19.6. The van der Waals surface area contributed by atoms with E-state index in [2.05, 4.69) is 0 Å². The normalized spacial score (nSPS) is 18.4. The van der Waals surface area contributed by atoms with Crippen LogP contribution in [-0.4, -0.2) is 43.7 Å². The Balaban J connectivity index is 1.70. The minimum atomic E-state index is -3.52. The summed E-state index contributed by atoms with van der Waals surface area (Å²) < 4.78 is 27.6. The number of carbonyl (C=O) groups is 1. The van der Waals surface area contributed by atoms with Gasteiger partial charge in [0.2, 0.25) is 5.91 Å². The van der Waals surface area contributed by atoms with Crippen molar-refractivity contribution in [3.63, 3.8) is 0 Å². The van der Waals surface area contributed by atoms with Gasteiger partial charge in [0.1, 0.15) is 4.21 Å². The largest absolute Gasteiger partial charge is 0.341 e. The van der Waals surface area contributed by atoms with Gasteiger partial charge in [-0.25, -0.2) is 8.42 Å². The van der Waals surface area contributed by atoms with Crippen LogP contribution in [0.5, 0.6) is 0 Å². The van der Waals surface area contributed by atoms with Gasteiger partial charge in [0.25, 0.3) is 10.0 Å². The van der Waals surface area contributed by atoms with Crippen LogP contribution in [0.2, 0.25) is 0 Å². The van der Waals surface area contributed by atoms with E-state index in [-0.39, 0.29) is 18.4 Å². The number of sulfonamides is 1. The lowest BCUT2D eigenvalue weighted by molar-refractivity contribution is -0.135. The first-order valence-corrected chi connectivity index (χ1v) is 11.4. The van der Waals surface area contributed by atoms with Crippen molar-refractivity contribution in [2.45, 2.75) is 37.4 Å². The second kappa shape index (κ2) is 8.12. The number of aryl methyl sites for hydroxylation is 2. The third-order valence-corrected chi connectivity index (χ3v) is 8.42. The van der Waals surface area contributed by atoms with Crippen molar-refractivity contribution in [1.29, 1.82) is 0 Å².